The average molecular weight is 226 g/mol. The number of nitrogens with zero attached hydrogens (tertiary/aromatic N) is 1. The summed E-state index contributed by atoms with van der Waals surface area (Å²) in [6.45, 7) is 1.04. The number of nitrogens with one attached hydrogen (secondary N) is 1. The SMILES string of the molecule is CSC1CCCC(NC2=NCCCC2)C1. The van der Waals surface area contributed by atoms with Gasteiger partial charge in [0.05, 0.1) is 5.84 Å². The third-order valence-corrected chi connectivity index (χ3v) is 4.55. The quantitative estimate of drug-likeness (QED) is 0.783. The number of rotatable bonds is 2. The molecule has 2 rings (SSSR count). The Morgan fingerprint density at radius 3 is 2.93 bits per heavy atom. The molecule has 0 saturated heterocycles. The molecule has 2 atom stereocenters. The number of amidine groups is 1. The molecule has 1 N–H and O–H groups in total. The summed E-state index contributed by atoms with van der Waals surface area (Å²) in [5.41, 5.74) is 0. The van der Waals surface area contributed by atoms with Crippen LogP contribution < -0.4 is 5.32 Å². The van der Waals surface area contributed by atoms with Crippen molar-refractivity contribution in [1.29, 1.82) is 0 Å². The molecule has 0 aromatic heterocycles. The molecule has 2 aliphatic rings. The maximum Gasteiger partial charge on any atom is 0.0965 e. The molecule has 0 amide bonds. The molecule has 15 heavy (non-hydrogen) atoms. The van der Waals surface area contributed by atoms with Crippen molar-refractivity contribution < 1.29 is 0 Å². The molecule has 1 aliphatic heterocycles. The van der Waals surface area contributed by atoms with Crippen LogP contribution in [0, 0.1) is 0 Å². The van der Waals surface area contributed by atoms with Gasteiger partial charge < -0.3 is 5.32 Å². The van der Waals surface area contributed by atoms with Gasteiger partial charge in [0, 0.05) is 24.3 Å². The first-order valence-corrected chi connectivity index (χ1v) is 7.50. The molecule has 1 saturated carbocycles. The molecule has 0 aromatic rings. The van der Waals surface area contributed by atoms with Crippen LogP contribution in [-0.4, -0.2) is 29.9 Å². The molecule has 2 unspecified atom stereocenters. The first kappa shape index (κ1) is 11.3. The van der Waals surface area contributed by atoms with Crippen LogP contribution in [0.5, 0.6) is 0 Å². The summed E-state index contributed by atoms with van der Waals surface area (Å²) in [5.74, 6) is 1.29. The predicted molar refractivity (Wildman–Crippen MR) is 68.8 cm³/mol. The smallest absolute Gasteiger partial charge is 0.0965 e. The molecule has 1 heterocycles. The van der Waals surface area contributed by atoms with Crippen molar-refractivity contribution in [2.45, 2.75) is 56.2 Å². The van der Waals surface area contributed by atoms with Crippen LogP contribution in [0.2, 0.25) is 0 Å². The standard InChI is InChI=1S/C12H22N2S/c1-15-11-6-4-5-10(9-11)14-12-7-2-3-8-13-12/h10-11H,2-9H2,1H3,(H,13,14). The Labute approximate surface area is 97.3 Å². The predicted octanol–water partition coefficient (Wildman–Crippen LogP) is 2.83. The summed E-state index contributed by atoms with van der Waals surface area (Å²) in [6, 6.07) is 0.702. The van der Waals surface area contributed by atoms with E-state index in [9.17, 15) is 0 Å². The Morgan fingerprint density at radius 1 is 1.27 bits per heavy atom. The van der Waals surface area contributed by atoms with Gasteiger partial charge in [-0.1, -0.05) is 6.42 Å². The Kier molecular flexibility index (Phi) is 4.36. The van der Waals surface area contributed by atoms with Gasteiger partial charge in [0.2, 0.25) is 0 Å². The zero-order chi connectivity index (χ0) is 10.5. The van der Waals surface area contributed by atoms with E-state index >= 15 is 0 Å². The maximum atomic E-state index is 4.57. The maximum absolute atomic E-state index is 4.57. The van der Waals surface area contributed by atoms with Gasteiger partial charge in [0.1, 0.15) is 0 Å². The highest BCUT2D eigenvalue weighted by molar-refractivity contribution is 7.99. The minimum Gasteiger partial charge on any atom is -0.371 e. The van der Waals surface area contributed by atoms with Crippen LogP contribution >= 0.6 is 11.8 Å². The zero-order valence-corrected chi connectivity index (χ0v) is 10.5. The number of hydrogen-bond acceptors (Lipinski definition) is 3. The monoisotopic (exact) mass is 226 g/mol. The van der Waals surface area contributed by atoms with Gasteiger partial charge in [-0.25, -0.2) is 0 Å². The van der Waals surface area contributed by atoms with Crippen molar-refractivity contribution in [3.63, 3.8) is 0 Å². The van der Waals surface area contributed by atoms with E-state index in [4.69, 9.17) is 0 Å². The zero-order valence-electron chi connectivity index (χ0n) is 9.67. The largest absolute Gasteiger partial charge is 0.371 e. The summed E-state index contributed by atoms with van der Waals surface area (Å²) < 4.78 is 0. The molecule has 1 aliphatic carbocycles. The Balaban J connectivity index is 1.80. The minimum absolute atomic E-state index is 0.702. The van der Waals surface area contributed by atoms with Crippen molar-refractivity contribution >= 4 is 17.6 Å². The lowest BCUT2D eigenvalue weighted by Crippen LogP contribution is -2.39. The van der Waals surface area contributed by atoms with Crippen LogP contribution in [0.15, 0.2) is 4.99 Å². The molecule has 0 bridgehead atoms. The van der Waals surface area contributed by atoms with E-state index in [-0.39, 0.29) is 0 Å². The summed E-state index contributed by atoms with van der Waals surface area (Å²) >= 11 is 2.03. The summed E-state index contributed by atoms with van der Waals surface area (Å²) in [4.78, 5) is 4.57. The second kappa shape index (κ2) is 5.78. The molecule has 3 heteroatoms. The second-order valence-corrected chi connectivity index (χ2v) is 5.79. The van der Waals surface area contributed by atoms with E-state index < -0.39 is 0 Å². The first-order valence-electron chi connectivity index (χ1n) is 6.21. The molecule has 0 radical (unpaired) electrons. The highest BCUT2D eigenvalue weighted by Crippen LogP contribution is 2.27. The topological polar surface area (TPSA) is 24.4 Å². The van der Waals surface area contributed by atoms with E-state index in [0.29, 0.717) is 6.04 Å². The van der Waals surface area contributed by atoms with Crippen LogP contribution in [-0.2, 0) is 0 Å². The van der Waals surface area contributed by atoms with Gasteiger partial charge >= 0.3 is 0 Å². The fraction of sp³-hybridized carbons (Fsp3) is 0.917. The number of aliphatic imine (C=N–C) groups is 1. The van der Waals surface area contributed by atoms with E-state index in [0.717, 1.165) is 11.8 Å². The highest BCUT2D eigenvalue weighted by atomic mass is 32.2. The molecule has 86 valence electrons. The molecule has 0 spiro atoms. The van der Waals surface area contributed by atoms with E-state index in [1.807, 2.05) is 11.8 Å². The summed E-state index contributed by atoms with van der Waals surface area (Å²) in [6.07, 6.45) is 11.5. The fourth-order valence-electron chi connectivity index (χ4n) is 2.54. The van der Waals surface area contributed by atoms with Gasteiger partial charge in [-0.05, 0) is 38.4 Å². The molecular weight excluding hydrogens is 204 g/mol. The fourth-order valence-corrected chi connectivity index (χ4v) is 3.37. The van der Waals surface area contributed by atoms with Crippen molar-refractivity contribution in [1.82, 2.24) is 5.32 Å². The second-order valence-electron chi connectivity index (χ2n) is 4.65. The lowest BCUT2D eigenvalue weighted by molar-refractivity contribution is 0.419. The van der Waals surface area contributed by atoms with Crippen LogP contribution in [0.4, 0.5) is 0 Å². The Hall–Kier alpha value is -0.180. The lowest BCUT2D eigenvalue weighted by Gasteiger charge is -2.30. The van der Waals surface area contributed by atoms with Crippen LogP contribution in [0.3, 0.4) is 0 Å². The van der Waals surface area contributed by atoms with Crippen molar-refractivity contribution in [2.75, 3.05) is 12.8 Å². The normalized spacial score (nSPS) is 32.2. The third-order valence-electron chi connectivity index (χ3n) is 3.45. The number of thioether (sulfide) groups is 1. The Morgan fingerprint density at radius 2 is 2.20 bits per heavy atom. The van der Waals surface area contributed by atoms with E-state index in [2.05, 4.69) is 16.6 Å². The number of hydrogen-bond donors (Lipinski definition) is 1. The molecule has 2 nitrogen and oxygen atoms in total. The third kappa shape index (κ3) is 3.40. The van der Waals surface area contributed by atoms with Crippen LogP contribution in [0.25, 0.3) is 0 Å². The van der Waals surface area contributed by atoms with Gasteiger partial charge in [-0.15, -0.1) is 0 Å². The van der Waals surface area contributed by atoms with Gasteiger partial charge in [-0.3, -0.25) is 4.99 Å². The lowest BCUT2D eigenvalue weighted by atomic mass is 9.94. The first-order chi connectivity index (χ1) is 7.38. The molecular formula is C12H22N2S. The van der Waals surface area contributed by atoms with Crippen molar-refractivity contribution in [3.05, 3.63) is 0 Å². The van der Waals surface area contributed by atoms with Gasteiger partial charge in [0.15, 0.2) is 0 Å². The van der Waals surface area contributed by atoms with E-state index in [1.165, 1.54) is 50.8 Å². The molecule has 1 fully saturated rings. The van der Waals surface area contributed by atoms with Crippen LogP contribution in [0.1, 0.15) is 44.9 Å². The van der Waals surface area contributed by atoms with Crippen molar-refractivity contribution in [3.8, 4) is 0 Å². The van der Waals surface area contributed by atoms with Gasteiger partial charge in [0.25, 0.3) is 0 Å². The van der Waals surface area contributed by atoms with Gasteiger partial charge in [-0.2, -0.15) is 11.8 Å². The van der Waals surface area contributed by atoms with Crippen molar-refractivity contribution in [2.24, 2.45) is 4.99 Å². The average Bonchev–Trinajstić information content (AvgIpc) is 2.31. The summed E-state index contributed by atoms with van der Waals surface area (Å²) in [5, 5.41) is 4.53. The van der Waals surface area contributed by atoms with E-state index in [1.54, 1.807) is 0 Å². The summed E-state index contributed by atoms with van der Waals surface area (Å²) in [7, 11) is 0. The highest BCUT2D eigenvalue weighted by Gasteiger charge is 2.22. The minimum atomic E-state index is 0.702. The molecule has 0 aromatic carbocycles. The Bertz CT molecular complexity index is 228.